The van der Waals surface area contributed by atoms with Crippen molar-refractivity contribution >= 4 is 5.91 Å². The molecule has 0 radical (unpaired) electrons. The minimum Gasteiger partial charge on any atom is -0.393 e. The lowest BCUT2D eigenvalue weighted by molar-refractivity contribution is 0.0860. The van der Waals surface area contributed by atoms with Gasteiger partial charge in [-0.05, 0) is 44.7 Å². The Morgan fingerprint density at radius 3 is 2.54 bits per heavy atom. The molecule has 126 valence electrons. The Kier molecular flexibility index (Phi) is 4.76. The summed E-state index contributed by atoms with van der Waals surface area (Å²) in [5.74, 6) is -0.453. The normalized spacial score (nSPS) is 20.6. The topological polar surface area (TPSA) is 84.2 Å². The summed E-state index contributed by atoms with van der Waals surface area (Å²) in [6.07, 6.45) is 2.48. The first-order valence-corrected chi connectivity index (χ1v) is 8.20. The Labute approximate surface area is 140 Å². The second-order valence-electron chi connectivity index (χ2n) is 6.22. The van der Waals surface area contributed by atoms with Crippen molar-refractivity contribution in [2.45, 2.75) is 44.8 Å². The molecule has 2 N–H and O–H groups in total. The van der Waals surface area contributed by atoms with E-state index < -0.39 is 5.91 Å². The number of rotatable bonds is 3. The van der Waals surface area contributed by atoms with Crippen LogP contribution in [0.1, 0.15) is 41.9 Å². The fourth-order valence-corrected chi connectivity index (χ4v) is 3.01. The summed E-state index contributed by atoms with van der Waals surface area (Å²) in [6.45, 7) is 1.78. The van der Waals surface area contributed by atoms with E-state index in [2.05, 4.69) is 10.4 Å². The van der Waals surface area contributed by atoms with Crippen LogP contribution in [0.4, 0.5) is 0 Å². The lowest BCUT2D eigenvalue weighted by Gasteiger charge is -2.26. The van der Waals surface area contributed by atoms with Crippen LogP contribution in [-0.4, -0.2) is 32.9 Å². The number of benzene rings is 1. The van der Waals surface area contributed by atoms with E-state index in [0.717, 1.165) is 5.69 Å². The van der Waals surface area contributed by atoms with Crippen molar-refractivity contribution in [2.24, 2.45) is 0 Å². The van der Waals surface area contributed by atoms with Gasteiger partial charge in [0.2, 0.25) is 5.43 Å². The second kappa shape index (κ2) is 6.97. The molecule has 1 heterocycles. The van der Waals surface area contributed by atoms with Crippen LogP contribution in [-0.2, 0) is 0 Å². The van der Waals surface area contributed by atoms with Crippen molar-refractivity contribution in [1.29, 1.82) is 0 Å². The minimum atomic E-state index is -0.453. The van der Waals surface area contributed by atoms with E-state index in [0.29, 0.717) is 31.4 Å². The highest BCUT2D eigenvalue weighted by atomic mass is 16.3. The van der Waals surface area contributed by atoms with Gasteiger partial charge in [-0.25, -0.2) is 4.68 Å². The van der Waals surface area contributed by atoms with Crippen LogP contribution in [0.3, 0.4) is 0 Å². The standard InChI is InChI=1S/C18H21N3O3/c1-12-11-16(23)17(20-21(12)14-5-3-2-4-6-14)18(24)19-13-7-9-15(22)10-8-13/h2-6,11,13,15,22H,7-10H2,1H3,(H,19,24). The van der Waals surface area contributed by atoms with Crippen LogP contribution in [0.2, 0.25) is 0 Å². The summed E-state index contributed by atoms with van der Waals surface area (Å²) in [6, 6.07) is 10.8. The predicted octanol–water partition coefficient (Wildman–Crippen LogP) is 1.57. The molecule has 0 bridgehead atoms. The molecule has 0 unspecified atom stereocenters. The van der Waals surface area contributed by atoms with E-state index in [1.807, 2.05) is 30.3 Å². The van der Waals surface area contributed by atoms with E-state index >= 15 is 0 Å². The van der Waals surface area contributed by atoms with Crippen LogP contribution >= 0.6 is 0 Å². The van der Waals surface area contributed by atoms with E-state index in [4.69, 9.17) is 0 Å². The highest BCUT2D eigenvalue weighted by Gasteiger charge is 2.23. The molecule has 1 fully saturated rings. The van der Waals surface area contributed by atoms with Gasteiger partial charge in [-0.15, -0.1) is 0 Å². The van der Waals surface area contributed by atoms with Gasteiger partial charge in [-0.3, -0.25) is 9.59 Å². The number of hydrogen-bond acceptors (Lipinski definition) is 4. The minimum absolute atomic E-state index is 0.0198. The molecular formula is C18H21N3O3. The molecule has 24 heavy (non-hydrogen) atoms. The third-order valence-corrected chi connectivity index (χ3v) is 4.36. The van der Waals surface area contributed by atoms with Gasteiger partial charge < -0.3 is 10.4 Å². The molecule has 1 aromatic carbocycles. The van der Waals surface area contributed by atoms with Crippen molar-refractivity contribution < 1.29 is 9.90 Å². The number of nitrogens with zero attached hydrogens (tertiary/aromatic N) is 2. The third-order valence-electron chi connectivity index (χ3n) is 4.36. The molecule has 6 nitrogen and oxygen atoms in total. The summed E-state index contributed by atoms with van der Waals surface area (Å²) < 4.78 is 1.60. The molecule has 6 heteroatoms. The van der Waals surface area contributed by atoms with Gasteiger partial charge in [0.1, 0.15) is 0 Å². The first kappa shape index (κ1) is 16.4. The van der Waals surface area contributed by atoms with Crippen LogP contribution < -0.4 is 10.7 Å². The summed E-state index contributed by atoms with van der Waals surface area (Å²) >= 11 is 0. The number of aromatic nitrogens is 2. The highest BCUT2D eigenvalue weighted by Crippen LogP contribution is 2.18. The van der Waals surface area contributed by atoms with Crippen molar-refractivity contribution in [3.63, 3.8) is 0 Å². The van der Waals surface area contributed by atoms with Gasteiger partial charge >= 0.3 is 0 Å². The number of nitrogens with one attached hydrogen (secondary N) is 1. The number of aliphatic hydroxyl groups excluding tert-OH is 1. The zero-order chi connectivity index (χ0) is 17.1. The van der Waals surface area contributed by atoms with E-state index in [9.17, 15) is 14.7 Å². The first-order chi connectivity index (χ1) is 11.5. The van der Waals surface area contributed by atoms with Crippen LogP contribution in [0.5, 0.6) is 0 Å². The zero-order valence-corrected chi connectivity index (χ0v) is 13.6. The fraction of sp³-hybridized carbons (Fsp3) is 0.389. The third kappa shape index (κ3) is 3.54. The van der Waals surface area contributed by atoms with Gasteiger partial charge in [-0.1, -0.05) is 18.2 Å². The maximum Gasteiger partial charge on any atom is 0.276 e. The monoisotopic (exact) mass is 327 g/mol. The van der Waals surface area contributed by atoms with Crippen molar-refractivity contribution in [2.75, 3.05) is 0 Å². The van der Waals surface area contributed by atoms with Crippen LogP contribution in [0.15, 0.2) is 41.2 Å². The van der Waals surface area contributed by atoms with Crippen molar-refractivity contribution in [3.8, 4) is 5.69 Å². The van der Waals surface area contributed by atoms with Gasteiger partial charge in [-0.2, -0.15) is 5.10 Å². The number of carbonyl (C=O) groups is 1. The number of aliphatic hydroxyl groups is 1. The molecule has 0 saturated heterocycles. The molecule has 1 aromatic heterocycles. The quantitative estimate of drug-likeness (QED) is 0.896. The Balaban J connectivity index is 1.85. The van der Waals surface area contributed by atoms with E-state index in [-0.39, 0.29) is 23.3 Å². The maximum absolute atomic E-state index is 12.5. The molecular weight excluding hydrogens is 306 g/mol. The SMILES string of the molecule is Cc1cc(=O)c(C(=O)NC2CCC(O)CC2)nn1-c1ccccc1. The second-order valence-corrected chi connectivity index (χ2v) is 6.22. The molecule has 1 saturated carbocycles. The smallest absolute Gasteiger partial charge is 0.276 e. The Bertz CT molecular complexity index is 778. The molecule has 1 amide bonds. The number of para-hydroxylation sites is 1. The number of amides is 1. The highest BCUT2D eigenvalue weighted by molar-refractivity contribution is 5.92. The Hall–Kier alpha value is -2.47. The van der Waals surface area contributed by atoms with Crippen molar-refractivity contribution in [3.05, 3.63) is 58.0 Å². The largest absolute Gasteiger partial charge is 0.393 e. The first-order valence-electron chi connectivity index (χ1n) is 8.20. The Morgan fingerprint density at radius 2 is 1.88 bits per heavy atom. The van der Waals surface area contributed by atoms with Gasteiger partial charge in [0.05, 0.1) is 11.8 Å². The zero-order valence-electron chi connectivity index (χ0n) is 13.6. The summed E-state index contributed by atoms with van der Waals surface area (Å²) in [4.78, 5) is 24.6. The van der Waals surface area contributed by atoms with Gasteiger partial charge in [0, 0.05) is 17.8 Å². The molecule has 2 aromatic rings. The average Bonchev–Trinajstić information content (AvgIpc) is 2.58. The molecule has 1 aliphatic rings. The van der Waals surface area contributed by atoms with Crippen LogP contribution in [0, 0.1) is 6.92 Å². The molecule has 3 rings (SSSR count). The molecule has 0 aliphatic heterocycles. The molecule has 0 spiro atoms. The summed E-state index contributed by atoms with van der Waals surface area (Å²) in [5.41, 5.74) is 0.983. The lowest BCUT2D eigenvalue weighted by atomic mass is 9.93. The number of carbonyl (C=O) groups excluding carboxylic acids is 1. The predicted molar refractivity (Wildman–Crippen MR) is 90.3 cm³/mol. The summed E-state index contributed by atoms with van der Waals surface area (Å²) in [5, 5.41) is 16.7. The average molecular weight is 327 g/mol. The van der Waals surface area contributed by atoms with Gasteiger partial charge in [0.15, 0.2) is 5.69 Å². The Morgan fingerprint density at radius 1 is 1.21 bits per heavy atom. The number of aryl methyl sites for hydroxylation is 1. The lowest BCUT2D eigenvalue weighted by Crippen LogP contribution is -2.41. The van der Waals surface area contributed by atoms with Crippen LogP contribution in [0.25, 0.3) is 5.69 Å². The maximum atomic E-state index is 12.5. The van der Waals surface area contributed by atoms with Gasteiger partial charge in [0.25, 0.3) is 5.91 Å². The van der Waals surface area contributed by atoms with E-state index in [1.165, 1.54) is 6.07 Å². The van der Waals surface area contributed by atoms with E-state index in [1.54, 1.807) is 11.6 Å². The molecule has 0 atom stereocenters. The number of hydrogen-bond donors (Lipinski definition) is 2. The van der Waals surface area contributed by atoms with Crippen molar-refractivity contribution in [1.82, 2.24) is 15.1 Å². The summed E-state index contributed by atoms with van der Waals surface area (Å²) in [7, 11) is 0. The molecule has 1 aliphatic carbocycles. The fourth-order valence-electron chi connectivity index (χ4n) is 3.01.